The highest BCUT2D eigenvalue weighted by Gasteiger charge is 2.14. The molecule has 0 atom stereocenters. The first-order valence-electron chi connectivity index (χ1n) is 9.70. The number of benzene rings is 3. The molecule has 0 amide bonds. The van der Waals surface area contributed by atoms with Crippen LogP contribution < -0.4 is 19.6 Å². The summed E-state index contributed by atoms with van der Waals surface area (Å²) in [6, 6.07) is 19.0. The van der Waals surface area contributed by atoms with Crippen LogP contribution in [0.15, 0.2) is 65.5 Å². The molecule has 5 nitrogen and oxygen atoms in total. The second kappa shape index (κ2) is 8.73. The van der Waals surface area contributed by atoms with E-state index in [0.717, 1.165) is 25.7 Å². The molecule has 0 radical (unpaired) electrons. The number of hydrogen-bond acceptors (Lipinski definition) is 5. The smallest absolute Gasteiger partial charge is 0.274 e. The van der Waals surface area contributed by atoms with Gasteiger partial charge in [0.05, 0.1) is 26.2 Å². The van der Waals surface area contributed by atoms with E-state index in [2.05, 4.69) is 27.6 Å². The van der Waals surface area contributed by atoms with Gasteiger partial charge in [-0.15, -0.1) is 0 Å². The lowest BCUT2D eigenvalue weighted by Crippen LogP contribution is -2.22. The lowest BCUT2D eigenvalue weighted by molar-refractivity contribution is 0.282. The van der Waals surface area contributed by atoms with Crippen LogP contribution in [0.25, 0.3) is 22.1 Å². The summed E-state index contributed by atoms with van der Waals surface area (Å²) in [5.74, 6) is 1.23. The van der Waals surface area contributed by atoms with E-state index < -0.39 is 0 Å². The van der Waals surface area contributed by atoms with Crippen LogP contribution in [-0.4, -0.2) is 16.5 Å². The van der Waals surface area contributed by atoms with Gasteiger partial charge in [0.2, 0.25) is 0 Å². The third-order valence-electron chi connectivity index (χ3n) is 5.02. The third kappa shape index (κ3) is 3.85. The zero-order valence-electron chi connectivity index (χ0n) is 16.8. The number of para-hydroxylation sites is 2. The zero-order chi connectivity index (χ0) is 22.2. The molecule has 0 N–H and O–H groups in total. The Morgan fingerprint density at radius 2 is 1.94 bits per heavy atom. The van der Waals surface area contributed by atoms with E-state index in [-0.39, 0.29) is 5.56 Å². The van der Waals surface area contributed by atoms with E-state index in [0.29, 0.717) is 32.6 Å². The Morgan fingerprint density at radius 3 is 2.75 bits per heavy atom. The van der Waals surface area contributed by atoms with Crippen LogP contribution in [0.3, 0.4) is 0 Å². The van der Waals surface area contributed by atoms with Gasteiger partial charge in [-0.05, 0) is 64.6 Å². The highest BCUT2D eigenvalue weighted by atomic mass is 127. The summed E-state index contributed by atoms with van der Waals surface area (Å²) in [6.45, 7) is 0.328. The van der Waals surface area contributed by atoms with Crippen LogP contribution >= 0.6 is 45.5 Å². The average Bonchev–Trinajstić information content (AvgIpc) is 3.30. The quantitative estimate of drug-likeness (QED) is 0.267. The first-order chi connectivity index (χ1) is 15.5. The fourth-order valence-corrected chi connectivity index (χ4v) is 5.45. The molecule has 3 aromatic carbocycles. The largest absolute Gasteiger partial charge is 0.493 e. The molecule has 0 saturated carbocycles. The summed E-state index contributed by atoms with van der Waals surface area (Å²) in [5.41, 5.74) is 3.30. The summed E-state index contributed by atoms with van der Waals surface area (Å²) in [6.07, 6.45) is 1.86. The number of imidazole rings is 1. The Balaban J connectivity index is 1.53. The van der Waals surface area contributed by atoms with Crippen LogP contribution in [0.4, 0.5) is 0 Å². The van der Waals surface area contributed by atoms with Crippen LogP contribution in [0.5, 0.6) is 11.5 Å². The van der Waals surface area contributed by atoms with Crippen molar-refractivity contribution in [3.05, 3.63) is 95.3 Å². The fourth-order valence-electron chi connectivity index (χ4n) is 3.49. The highest BCUT2D eigenvalue weighted by molar-refractivity contribution is 14.1. The number of thiazole rings is 1. The first kappa shape index (κ1) is 21.2. The molecule has 0 aliphatic carbocycles. The van der Waals surface area contributed by atoms with E-state index in [1.165, 1.54) is 11.3 Å². The van der Waals surface area contributed by atoms with Crippen molar-refractivity contribution in [3.63, 3.8) is 0 Å². The first-order valence-corrected chi connectivity index (χ1v) is 12.0. The van der Waals surface area contributed by atoms with Crippen molar-refractivity contribution in [3.8, 4) is 11.5 Å². The van der Waals surface area contributed by atoms with Crippen LogP contribution in [0.1, 0.15) is 11.1 Å². The van der Waals surface area contributed by atoms with E-state index in [4.69, 9.17) is 21.1 Å². The van der Waals surface area contributed by atoms with Crippen molar-refractivity contribution in [2.45, 2.75) is 6.61 Å². The van der Waals surface area contributed by atoms with Gasteiger partial charge in [0.15, 0.2) is 16.5 Å². The number of nitrogens with zero attached hydrogens (tertiary/aromatic N) is 2. The van der Waals surface area contributed by atoms with Gasteiger partial charge in [0, 0.05) is 10.6 Å². The highest BCUT2D eigenvalue weighted by Crippen LogP contribution is 2.35. The van der Waals surface area contributed by atoms with E-state index in [1.54, 1.807) is 11.5 Å². The average molecular weight is 575 g/mol. The SMILES string of the molecule is COc1cc(C=c2sc3nc4ccccc4n3c2=O)cc(I)c1OCc1ccccc1Cl. The monoisotopic (exact) mass is 574 g/mol. The van der Waals surface area contributed by atoms with Crippen molar-refractivity contribution in [1.29, 1.82) is 0 Å². The van der Waals surface area contributed by atoms with Crippen LogP contribution in [0.2, 0.25) is 5.02 Å². The molecule has 160 valence electrons. The molecule has 2 aromatic heterocycles. The molecular weight excluding hydrogens is 559 g/mol. The summed E-state index contributed by atoms with van der Waals surface area (Å²) in [4.78, 5) is 18.3. The van der Waals surface area contributed by atoms with E-state index in [9.17, 15) is 4.79 Å². The van der Waals surface area contributed by atoms with Gasteiger partial charge in [-0.2, -0.15) is 0 Å². The molecule has 0 saturated heterocycles. The molecule has 0 aliphatic heterocycles. The maximum Gasteiger partial charge on any atom is 0.274 e. The summed E-state index contributed by atoms with van der Waals surface area (Å²) in [5, 5.41) is 0.657. The van der Waals surface area contributed by atoms with Gasteiger partial charge < -0.3 is 9.47 Å². The van der Waals surface area contributed by atoms with Crippen LogP contribution in [-0.2, 0) is 6.61 Å². The lowest BCUT2D eigenvalue weighted by Gasteiger charge is -2.14. The number of hydrogen-bond donors (Lipinski definition) is 0. The van der Waals surface area contributed by atoms with Gasteiger partial charge in [-0.25, -0.2) is 9.38 Å². The molecule has 2 heterocycles. The van der Waals surface area contributed by atoms with Crippen molar-refractivity contribution < 1.29 is 9.47 Å². The molecule has 8 heteroatoms. The minimum Gasteiger partial charge on any atom is -0.493 e. The molecule has 0 bridgehead atoms. The Morgan fingerprint density at radius 1 is 1.16 bits per heavy atom. The van der Waals surface area contributed by atoms with Crippen molar-refractivity contribution in [2.75, 3.05) is 7.11 Å². The minimum absolute atomic E-state index is 0.0771. The summed E-state index contributed by atoms with van der Waals surface area (Å²) in [7, 11) is 1.60. The Hall–Kier alpha value is -2.62. The van der Waals surface area contributed by atoms with Gasteiger partial charge in [0.1, 0.15) is 6.61 Å². The van der Waals surface area contributed by atoms with Crippen molar-refractivity contribution in [1.82, 2.24) is 9.38 Å². The summed E-state index contributed by atoms with van der Waals surface area (Å²) < 4.78 is 14.8. The number of fused-ring (bicyclic) bond motifs is 3. The van der Waals surface area contributed by atoms with Gasteiger partial charge in [-0.1, -0.05) is 53.3 Å². The molecule has 5 rings (SSSR count). The Bertz CT molecular complexity index is 1580. The molecule has 0 fully saturated rings. The second-order valence-corrected chi connectivity index (χ2v) is 9.63. The maximum absolute atomic E-state index is 13.0. The normalized spacial score (nSPS) is 12.0. The van der Waals surface area contributed by atoms with Crippen molar-refractivity contribution in [2.24, 2.45) is 0 Å². The molecule has 0 spiro atoms. The number of rotatable bonds is 5. The molecule has 5 aromatic rings. The number of ether oxygens (including phenoxy) is 2. The van der Waals surface area contributed by atoms with E-state index >= 15 is 0 Å². The predicted octanol–water partition coefficient (Wildman–Crippen LogP) is 5.30. The molecule has 32 heavy (non-hydrogen) atoms. The number of methoxy groups -OCH3 is 1. The van der Waals surface area contributed by atoms with E-state index in [1.807, 2.05) is 66.7 Å². The Kier molecular flexibility index (Phi) is 5.79. The molecular formula is C24H16ClIN2O3S. The Labute approximate surface area is 206 Å². The lowest BCUT2D eigenvalue weighted by atomic mass is 10.2. The maximum atomic E-state index is 13.0. The molecule has 0 aliphatic rings. The standard InChI is InChI=1S/C24H16ClIN2O3S/c1-30-20-11-14(10-17(26)22(20)31-13-15-6-2-3-7-16(15)25)12-21-23(29)28-19-9-5-4-8-18(19)27-24(28)32-21/h2-12H,13H2,1H3. The van der Waals surface area contributed by atoms with Gasteiger partial charge in [-0.3, -0.25) is 4.79 Å². The predicted molar refractivity (Wildman–Crippen MR) is 137 cm³/mol. The van der Waals surface area contributed by atoms with Crippen LogP contribution in [0, 0.1) is 3.57 Å². The van der Waals surface area contributed by atoms with Gasteiger partial charge >= 0.3 is 0 Å². The third-order valence-corrected chi connectivity index (χ3v) is 7.16. The fraction of sp³-hybridized carbons (Fsp3) is 0.0833. The zero-order valence-corrected chi connectivity index (χ0v) is 20.6. The van der Waals surface area contributed by atoms with Gasteiger partial charge in [0.25, 0.3) is 5.56 Å². The number of aromatic nitrogens is 2. The molecule has 0 unspecified atom stereocenters. The summed E-state index contributed by atoms with van der Waals surface area (Å²) >= 11 is 9.82. The minimum atomic E-state index is -0.0771. The number of halogens is 2. The second-order valence-electron chi connectivity index (χ2n) is 7.05. The topological polar surface area (TPSA) is 52.8 Å². The van der Waals surface area contributed by atoms with Crippen molar-refractivity contribution >= 4 is 67.6 Å².